The zero-order valence-corrected chi connectivity index (χ0v) is 10.5. The first-order valence-electron chi connectivity index (χ1n) is 5.77. The first-order chi connectivity index (χ1) is 8.39. The van der Waals surface area contributed by atoms with Gasteiger partial charge in [-0.25, -0.2) is 4.79 Å². The van der Waals surface area contributed by atoms with Gasteiger partial charge in [-0.3, -0.25) is 0 Å². The maximum absolute atomic E-state index is 11.6. The summed E-state index contributed by atoms with van der Waals surface area (Å²) in [5, 5.41) is 18.8. The molecule has 0 aliphatic carbocycles. The molecule has 0 saturated carbocycles. The Labute approximate surface area is 105 Å². The molecule has 0 spiro atoms. The number of hydrogen-bond acceptors (Lipinski definition) is 7. The lowest BCUT2D eigenvalue weighted by molar-refractivity contribution is -0.341. The number of hydrogen-bond donors (Lipinski definition) is 2. The van der Waals surface area contributed by atoms with Crippen LogP contribution in [0.1, 0.15) is 13.8 Å². The summed E-state index contributed by atoms with van der Waals surface area (Å²) >= 11 is 0. The first-order valence-corrected chi connectivity index (χ1v) is 5.77. The van der Waals surface area contributed by atoms with Crippen molar-refractivity contribution in [2.75, 3.05) is 13.7 Å². The van der Waals surface area contributed by atoms with E-state index in [0.717, 1.165) is 0 Å². The van der Waals surface area contributed by atoms with Crippen LogP contribution in [0, 0.1) is 0 Å². The zero-order valence-electron chi connectivity index (χ0n) is 10.5. The second-order valence-electron chi connectivity index (χ2n) is 4.87. The van der Waals surface area contributed by atoms with Crippen LogP contribution in [0.4, 0.5) is 0 Å². The highest BCUT2D eigenvalue weighted by molar-refractivity contribution is 5.78. The van der Waals surface area contributed by atoms with Gasteiger partial charge in [0.25, 0.3) is 0 Å². The van der Waals surface area contributed by atoms with Crippen LogP contribution in [0.3, 0.4) is 0 Å². The summed E-state index contributed by atoms with van der Waals surface area (Å²) in [4.78, 5) is 11.6. The van der Waals surface area contributed by atoms with Crippen LogP contribution < -0.4 is 0 Å². The molecule has 0 aromatic rings. The van der Waals surface area contributed by atoms with Gasteiger partial charge in [0.2, 0.25) is 0 Å². The Morgan fingerprint density at radius 2 is 2.06 bits per heavy atom. The van der Waals surface area contributed by atoms with E-state index in [-0.39, 0.29) is 0 Å². The molecule has 0 aromatic heterocycles. The van der Waals surface area contributed by atoms with E-state index in [1.807, 2.05) is 0 Å². The molecule has 7 heteroatoms. The monoisotopic (exact) mass is 262 g/mol. The molecule has 0 amide bonds. The van der Waals surface area contributed by atoms with E-state index < -0.39 is 48.9 Å². The molecule has 18 heavy (non-hydrogen) atoms. The van der Waals surface area contributed by atoms with Crippen LogP contribution in [0.15, 0.2) is 0 Å². The zero-order chi connectivity index (χ0) is 13.5. The summed E-state index contributed by atoms with van der Waals surface area (Å²) in [5.41, 5.74) is 0. The fourth-order valence-electron chi connectivity index (χ4n) is 2.34. The van der Waals surface area contributed by atoms with Crippen molar-refractivity contribution in [3.8, 4) is 0 Å². The predicted molar refractivity (Wildman–Crippen MR) is 57.6 cm³/mol. The van der Waals surface area contributed by atoms with Crippen molar-refractivity contribution in [2.24, 2.45) is 0 Å². The van der Waals surface area contributed by atoms with E-state index in [0.29, 0.717) is 0 Å². The van der Waals surface area contributed by atoms with Crippen molar-refractivity contribution in [3.05, 3.63) is 0 Å². The van der Waals surface area contributed by atoms with Crippen LogP contribution in [0.25, 0.3) is 0 Å². The number of esters is 1. The molecule has 2 heterocycles. The average Bonchev–Trinajstić information content (AvgIpc) is 2.61. The van der Waals surface area contributed by atoms with E-state index in [4.69, 9.17) is 24.1 Å². The highest BCUT2D eigenvalue weighted by Crippen LogP contribution is 2.36. The third-order valence-corrected chi connectivity index (χ3v) is 3.09. The summed E-state index contributed by atoms with van der Waals surface area (Å²) in [7, 11) is 1.39. The summed E-state index contributed by atoms with van der Waals surface area (Å²) in [6.07, 6.45) is -4.27. The maximum atomic E-state index is 11.6. The van der Waals surface area contributed by atoms with Gasteiger partial charge in [-0.15, -0.1) is 0 Å². The Balaban J connectivity index is 2.25. The van der Waals surface area contributed by atoms with Gasteiger partial charge in [-0.05, 0) is 13.8 Å². The van der Waals surface area contributed by atoms with Crippen LogP contribution in [0.2, 0.25) is 0 Å². The Hall–Kier alpha value is -0.730. The highest BCUT2D eigenvalue weighted by Gasteiger charge is 2.57. The molecular formula is C11H18O7. The third kappa shape index (κ3) is 2.24. The Kier molecular flexibility index (Phi) is 3.61. The third-order valence-electron chi connectivity index (χ3n) is 3.09. The number of rotatable bonds is 3. The van der Waals surface area contributed by atoms with Gasteiger partial charge in [-0.2, -0.15) is 0 Å². The fraction of sp³-hybridized carbons (Fsp3) is 0.909. The summed E-state index contributed by atoms with van der Waals surface area (Å²) in [5.74, 6) is -1.55. The van der Waals surface area contributed by atoms with E-state index in [1.165, 1.54) is 7.11 Å². The van der Waals surface area contributed by atoms with Crippen molar-refractivity contribution >= 4 is 5.97 Å². The van der Waals surface area contributed by atoms with Gasteiger partial charge in [0, 0.05) is 7.11 Å². The quantitative estimate of drug-likeness (QED) is 0.617. The minimum atomic E-state index is -1.15. The second-order valence-corrected chi connectivity index (χ2v) is 4.87. The highest BCUT2D eigenvalue weighted by atomic mass is 16.8. The fourth-order valence-corrected chi connectivity index (χ4v) is 2.34. The summed E-state index contributed by atoms with van der Waals surface area (Å²) < 4.78 is 21.3. The molecular weight excluding hydrogens is 244 g/mol. The molecule has 2 N–H and O–H groups in total. The molecule has 0 aromatic carbocycles. The minimum Gasteiger partial charge on any atom is -0.455 e. The average molecular weight is 262 g/mol. The topological polar surface area (TPSA) is 94.5 Å². The number of aliphatic hydroxyl groups excluding tert-OH is 2. The van der Waals surface area contributed by atoms with Gasteiger partial charge in [0.15, 0.2) is 18.0 Å². The van der Waals surface area contributed by atoms with Gasteiger partial charge in [0.1, 0.15) is 18.3 Å². The van der Waals surface area contributed by atoms with Gasteiger partial charge in [0.05, 0.1) is 6.61 Å². The largest absolute Gasteiger partial charge is 0.455 e. The molecule has 2 saturated heterocycles. The molecule has 1 unspecified atom stereocenters. The van der Waals surface area contributed by atoms with Crippen molar-refractivity contribution in [1.82, 2.24) is 0 Å². The number of carbonyl (C=O) groups is 1. The standard InChI is InChI=1S/C11H18O7/c1-11(2)17-6(5(13)4-12)7-8(18-11)9(15-3)10(14)16-7/h5-9,12-13H,4H2,1-3H3/t5-,6-,7+,8?,9-/m1/s1. The van der Waals surface area contributed by atoms with Crippen molar-refractivity contribution in [2.45, 2.75) is 50.2 Å². The number of aliphatic hydroxyl groups is 2. The van der Waals surface area contributed by atoms with Crippen LogP contribution in [-0.2, 0) is 23.7 Å². The van der Waals surface area contributed by atoms with E-state index in [9.17, 15) is 9.90 Å². The molecule has 2 fully saturated rings. The molecule has 7 nitrogen and oxygen atoms in total. The van der Waals surface area contributed by atoms with Crippen LogP contribution in [0.5, 0.6) is 0 Å². The van der Waals surface area contributed by atoms with Crippen molar-refractivity contribution < 1.29 is 34.0 Å². The van der Waals surface area contributed by atoms with Gasteiger partial charge in [-0.1, -0.05) is 0 Å². The number of carbonyl (C=O) groups excluding carboxylic acids is 1. The first kappa shape index (κ1) is 13.7. The molecule has 2 aliphatic heterocycles. The smallest absolute Gasteiger partial charge is 0.338 e. The Morgan fingerprint density at radius 1 is 1.39 bits per heavy atom. The van der Waals surface area contributed by atoms with Gasteiger partial charge < -0.3 is 29.2 Å². The van der Waals surface area contributed by atoms with Crippen LogP contribution >= 0.6 is 0 Å². The van der Waals surface area contributed by atoms with E-state index in [2.05, 4.69) is 0 Å². The molecule has 5 atom stereocenters. The molecule has 2 aliphatic rings. The Bertz CT molecular complexity index is 329. The summed E-state index contributed by atoms with van der Waals surface area (Å²) in [6, 6.07) is 0. The molecule has 104 valence electrons. The van der Waals surface area contributed by atoms with E-state index >= 15 is 0 Å². The maximum Gasteiger partial charge on any atom is 0.338 e. The normalized spacial score (nSPS) is 40.2. The number of ether oxygens (including phenoxy) is 4. The summed E-state index contributed by atoms with van der Waals surface area (Å²) in [6.45, 7) is 2.84. The van der Waals surface area contributed by atoms with Crippen LogP contribution in [-0.4, -0.2) is 66.2 Å². The Morgan fingerprint density at radius 3 is 2.61 bits per heavy atom. The SMILES string of the molecule is CO[C@H]1C(=O)O[C@@H]2C1OC(C)(C)O[C@@H]2[C@H](O)CO. The lowest BCUT2D eigenvalue weighted by Gasteiger charge is -2.43. The van der Waals surface area contributed by atoms with Gasteiger partial charge >= 0.3 is 5.97 Å². The van der Waals surface area contributed by atoms with Crippen molar-refractivity contribution in [3.63, 3.8) is 0 Å². The molecule has 0 radical (unpaired) electrons. The van der Waals surface area contributed by atoms with Crippen molar-refractivity contribution in [1.29, 1.82) is 0 Å². The van der Waals surface area contributed by atoms with E-state index in [1.54, 1.807) is 13.8 Å². The number of methoxy groups -OCH3 is 1. The lowest BCUT2D eigenvalue weighted by Crippen LogP contribution is -2.59. The molecule has 2 rings (SSSR count). The lowest BCUT2D eigenvalue weighted by atomic mass is 9.99. The second kappa shape index (κ2) is 4.75. The minimum absolute atomic E-state index is 0.487. The number of fused-ring (bicyclic) bond motifs is 1. The molecule has 0 bridgehead atoms. The predicted octanol–water partition coefficient (Wildman–Crippen LogP) is -1.20.